The molecular weight excluding hydrogens is 366 g/mol. The Balaban J connectivity index is 1.63. The van der Waals surface area contributed by atoms with Gasteiger partial charge in [0.1, 0.15) is 5.25 Å². The van der Waals surface area contributed by atoms with Gasteiger partial charge in [0.05, 0.1) is 18.4 Å². The molecule has 2 atom stereocenters. The highest BCUT2D eigenvalue weighted by Gasteiger charge is 2.44. The van der Waals surface area contributed by atoms with Gasteiger partial charge in [-0.1, -0.05) is 11.6 Å². The number of carbonyl (C=O) groups excluding carboxylic acids is 2. The van der Waals surface area contributed by atoms with Crippen molar-refractivity contribution in [3.8, 4) is 0 Å². The molecule has 0 radical (unpaired) electrons. The van der Waals surface area contributed by atoms with Crippen LogP contribution in [0.25, 0.3) is 0 Å². The standard InChI is InChI=1S/C17H20ClNO5S/c18-13-3-1-12(2-4-13)15(20)5-6-17(21)19-8-10-25(22,23)16-11-24-9-7-14(16)19/h1-4,14,16H,5-11H2. The van der Waals surface area contributed by atoms with E-state index in [-0.39, 0.29) is 49.5 Å². The molecule has 136 valence electrons. The van der Waals surface area contributed by atoms with Gasteiger partial charge in [-0.15, -0.1) is 0 Å². The van der Waals surface area contributed by atoms with Crippen LogP contribution in [0.4, 0.5) is 0 Å². The first-order valence-corrected chi connectivity index (χ1v) is 10.4. The molecule has 1 aromatic rings. The molecule has 3 rings (SSSR count). The smallest absolute Gasteiger partial charge is 0.223 e. The summed E-state index contributed by atoms with van der Waals surface area (Å²) < 4.78 is 29.6. The number of fused-ring (bicyclic) bond motifs is 1. The van der Waals surface area contributed by atoms with Gasteiger partial charge in [0.2, 0.25) is 5.91 Å². The van der Waals surface area contributed by atoms with E-state index in [0.717, 1.165) is 0 Å². The van der Waals surface area contributed by atoms with Crippen molar-refractivity contribution in [3.63, 3.8) is 0 Å². The van der Waals surface area contributed by atoms with Crippen LogP contribution < -0.4 is 0 Å². The Kier molecular flexibility index (Phi) is 5.46. The van der Waals surface area contributed by atoms with Gasteiger partial charge in [-0.05, 0) is 30.7 Å². The predicted molar refractivity (Wildman–Crippen MR) is 93.5 cm³/mol. The van der Waals surface area contributed by atoms with E-state index in [0.29, 0.717) is 23.6 Å². The molecule has 6 nitrogen and oxygen atoms in total. The Bertz CT molecular complexity index is 762. The Labute approximate surface area is 152 Å². The van der Waals surface area contributed by atoms with Crippen LogP contribution in [0.3, 0.4) is 0 Å². The van der Waals surface area contributed by atoms with E-state index in [2.05, 4.69) is 0 Å². The normalized spacial score (nSPS) is 25.2. The summed E-state index contributed by atoms with van der Waals surface area (Å²) in [7, 11) is -3.23. The number of amides is 1. The highest BCUT2D eigenvalue weighted by atomic mass is 35.5. The maximum Gasteiger partial charge on any atom is 0.223 e. The number of benzene rings is 1. The molecule has 0 spiro atoms. The summed E-state index contributed by atoms with van der Waals surface area (Å²) in [6.45, 7) is 0.780. The number of nitrogens with zero attached hydrogens (tertiary/aromatic N) is 1. The highest BCUT2D eigenvalue weighted by Crippen LogP contribution is 2.27. The molecule has 0 aromatic heterocycles. The average molecular weight is 386 g/mol. The number of ketones is 1. The number of ether oxygens (including phenoxy) is 1. The summed E-state index contributed by atoms with van der Waals surface area (Å²) in [4.78, 5) is 26.4. The maximum absolute atomic E-state index is 12.6. The molecule has 25 heavy (non-hydrogen) atoms. The quantitative estimate of drug-likeness (QED) is 0.737. The lowest BCUT2D eigenvalue weighted by Gasteiger charge is -2.43. The molecule has 2 unspecified atom stereocenters. The van der Waals surface area contributed by atoms with E-state index >= 15 is 0 Å². The van der Waals surface area contributed by atoms with E-state index in [4.69, 9.17) is 16.3 Å². The third-order valence-corrected chi connectivity index (χ3v) is 7.18. The third-order valence-electron chi connectivity index (χ3n) is 4.80. The Hall–Kier alpha value is -1.44. The van der Waals surface area contributed by atoms with Crippen LogP contribution in [-0.4, -0.2) is 61.8 Å². The van der Waals surface area contributed by atoms with E-state index < -0.39 is 15.1 Å². The molecule has 2 fully saturated rings. The summed E-state index contributed by atoms with van der Waals surface area (Å²) in [6, 6.07) is 6.21. The van der Waals surface area contributed by atoms with Gasteiger partial charge >= 0.3 is 0 Å². The van der Waals surface area contributed by atoms with Crippen molar-refractivity contribution in [1.29, 1.82) is 0 Å². The molecule has 0 N–H and O–H groups in total. The topological polar surface area (TPSA) is 80.8 Å². The van der Waals surface area contributed by atoms with Gasteiger partial charge in [-0.3, -0.25) is 9.59 Å². The summed E-state index contributed by atoms with van der Waals surface area (Å²) in [6.07, 6.45) is 0.684. The average Bonchev–Trinajstić information content (AvgIpc) is 2.60. The number of halogens is 1. The van der Waals surface area contributed by atoms with Crippen LogP contribution in [0.15, 0.2) is 24.3 Å². The summed E-state index contributed by atoms with van der Waals surface area (Å²) in [5, 5.41) is -0.0985. The molecule has 2 aliphatic heterocycles. The van der Waals surface area contributed by atoms with Crippen molar-refractivity contribution in [2.45, 2.75) is 30.6 Å². The number of hydrogen-bond acceptors (Lipinski definition) is 5. The summed E-state index contributed by atoms with van der Waals surface area (Å²) >= 11 is 5.80. The Morgan fingerprint density at radius 3 is 2.64 bits per heavy atom. The number of rotatable bonds is 4. The number of hydrogen-bond donors (Lipinski definition) is 0. The first-order chi connectivity index (χ1) is 11.9. The zero-order valence-electron chi connectivity index (χ0n) is 13.7. The van der Waals surface area contributed by atoms with Gasteiger partial charge in [-0.2, -0.15) is 0 Å². The van der Waals surface area contributed by atoms with Crippen LogP contribution in [0.5, 0.6) is 0 Å². The SMILES string of the molecule is O=C(CCC(=O)N1CCS(=O)(=O)C2COCCC21)c1ccc(Cl)cc1. The van der Waals surface area contributed by atoms with E-state index in [9.17, 15) is 18.0 Å². The van der Waals surface area contributed by atoms with E-state index in [1.54, 1.807) is 29.2 Å². The molecule has 2 heterocycles. The Morgan fingerprint density at radius 2 is 1.92 bits per heavy atom. The minimum atomic E-state index is -3.23. The fraction of sp³-hybridized carbons (Fsp3) is 0.529. The lowest BCUT2D eigenvalue weighted by Crippen LogP contribution is -2.60. The summed E-state index contributed by atoms with van der Waals surface area (Å²) in [5.41, 5.74) is 0.516. The Morgan fingerprint density at radius 1 is 1.20 bits per heavy atom. The molecular formula is C17H20ClNO5S. The first-order valence-electron chi connectivity index (χ1n) is 8.26. The zero-order chi connectivity index (χ0) is 18.0. The minimum Gasteiger partial charge on any atom is -0.380 e. The minimum absolute atomic E-state index is 0.0472. The monoisotopic (exact) mass is 385 g/mol. The number of Topliss-reactive ketones (excluding diaryl/α,β-unsaturated/α-hetero) is 1. The molecule has 0 aliphatic carbocycles. The second-order valence-electron chi connectivity index (χ2n) is 6.35. The van der Waals surface area contributed by atoms with Gasteiger partial charge in [0.15, 0.2) is 15.6 Å². The van der Waals surface area contributed by atoms with Gasteiger partial charge < -0.3 is 9.64 Å². The first kappa shape index (κ1) is 18.4. The molecule has 2 saturated heterocycles. The molecule has 0 saturated carbocycles. The van der Waals surface area contributed by atoms with Gasteiger partial charge in [0, 0.05) is 36.6 Å². The highest BCUT2D eigenvalue weighted by molar-refractivity contribution is 7.92. The lowest BCUT2D eigenvalue weighted by atomic mass is 10.0. The molecule has 1 aromatic carbocycles. The van der Waals surface area contributed by atoms with Crippen molar-refractivity contribution >= 4 is 33.1 Å². The molecule has 8 heteroatoms. The van der Waals surface area contributed by atoms with Crippen LogP contribution in [0, 0.1) is 0 Å². The van der Waals surface area contributed by atoms with Crippen molar-refractivity contribution < 1.29 is 22.7 Å². The van der Waals surface area contributed by atoms with Crippen molar-refractivity contribution in [1.82, 2.24) is 4.90 Å². The van der Waals surface area contributed by atoms with E-state index in [1.165, 1.54) is 0 Å². The largest absolute Gasteiger partial charge is 0.380 e. The third kappa shape index (κ3) is 4.04. The summed E-state index contributed by atoms with van der Waals surface area (Å²) in [5.74, 6) is -0.346. The van der Waals surface area contributed by atoms with E-state index in [1.807, 2.05) is 0 Å². The molecule has 2 aliphatic rings. The second-order valence-corrected chi connectivity index (χ2v) is 9.13. The fourth-order valence-corrected chi connectivity index (χ4v) is 5.34. The van der Waals surface area contributed by atoms with Crippen molar-refractivity contribution in [2.24, 2.45) is 0 Å². The number of sulfone groups is 1. The molecule has 0 bridgehead atoms. The lowest BCUT2D eigenvalue weighted by molar-refractivity contribution is -0.135. The maximum atomic E-state index is 12.6. The van der Waals surface area contributed by atoms with Crippen LogP contribution in [0.1, 0.15) is 29.6 Å². The van der Waals surface area contributed by atoms with Crippen molar-refractivity contribution in [2.75, 3.05) is 25.5 Å². The van der Waals surface area contributed by atoms with Crippen LogP contribution >= 0.6 is 11.6 Å². The zero-order valence-corrected chi connectivity index (χ0v) is 15.3. The second kappa shape index (κ2) is 7.43. The van der Waals surface area contributed by atoms with Crippen LogP contribution in [0.2, 0.25) is 5.02 Å². The fourth-order valence-electron chi connectivity index (χ4n) is 3.40. The van der Waals surface area contributed by atoms with Gasteiger partial charge in [0.25, 0.3) is 0 Å². The molecule has 1 amide bonds. The van der Waals surface area contributed by atoms with Crippen molar-refractivity contribution in [3.05, 3.63) is 34.9 Å². The van der Waals surface area contributed by atoms with Crippen LogP contribution in [-0.2, 0) is 19.4 Å². The van der Waals surface area contributed by atoms with Gasteiger partial charge in [-0.25, -0.2) is 8.42 Å². The predicted octanol–water partition coefficient (Wildman–Crippen LogP) is 1.72. The number of carbonyl (C=O) groups is 2.